The van der Waals surface area contributed by atoms with E-state index in [1.165, 1.54) is 52.7 Å². The third-order valence-electron chi connectivity index (χ3n) is 5.44. The van der Waals surface area contributed by atoms with Crippen LogP contribution in [0.2, 0.25) is 0 Å². The molecule has 0 atom stereocenters. The number of aromatic hydroxyl groups is 2. The van der Waals surface area contributed by atoms with E-state index >= 15 is 0 Å². The summed E-state index contributed by atoms with van der Waals surface area (Å²) in [6.45, 7) is 0. The smallest absolute Gasteiger partial charge is 0.353 e. The molecule has 0 unspecified atom stereocenters. The number of hydrogen-bond donors (Lipinski definition) is 2. The van der Waals surface area contributed by atoms with Crippen molar-refractivity contribution in [1.82, 2.24) is 18.3 Å². The van der Waals surface area contributed by atoms with Crippen LogP contribution in [0.1, 0.15) is 0 Å². The largest absolute Gasteiger partial charge is 0.710 e. The Morgan fingerprint density at radius 2 is 0.953 bits per heavy atom. The Morgan fingerprint density at radius 3 is 1.26 bits per heavy atom. The first-order valence-corrected chi connectivity index (χ1v) is 12.8. The minimum atomic E-state index is -0.811. The summed E-state index contributed by atoms with van der Waals surface area (Å²) < 4.78 is 5.25. The first kappa shape index (κ1) is 34.7. The summed E-state index contributed by atoms with van der Waals surface area (Å²) >= 11 is 6.24. The van der Waals surface area contributed by atoms with Crippen molar-refractivity contribution in [1.29, 1.82) is 0 Å². The number of pyridine rings is 2. The zero-order chi connectivity index (χ0) is 31.5. The molecule has 0 aliphatic heterocycles. The second-order valence-corrected chi connectivity index (χ2v) is 10.0. The number of rotatable bonds is 4. The Kier molecular flexibility index (Phi) is 11.4. The van der Waals surface area contributed by atoms with Crippen LogP contribution in [0, 0.1) is 10.4 Å². The topological polar surface area (TPSA) is 232 Å². The van der Waals surface area contributed by atoms with Gasteiger partial charge in [0.25, 0.3) is 11.1 Å². The van der Waals surface area contributed by atoms with Gasteiger partial charge in [0.05, 0.1) is 19.2 Å². The minimum Gasteiger partial charge on any atom is -0.710 e. The van der Waals surface area contributed by atoms with Gasteiger partial charge in [-0.3, -0.25) is 27.9 Å². The van der Waals surface area contributed by atoms with E-state index in [0.717, 1.165) is 18.3 Å². The molecule has 0 fully saturated rings. The van der Waals surface area contributed by atoms with Gasteiger partial charge < -0.3 is 20.6 Å². The Hall–Kier alpha value is -4.49. The van der Waals surface area contributed by atoms with E-state index in [0.29, 0.717) is 18.4 Å². The van der Waals surface area contributed by atoms with E-state index in [9.17, 15) is 39.8 Å². The van der Waals surface area contributed by atoms with Crippen LogP contribution >= 0.6 is 31.9 Å². The Morgan fingerprint density at radius 1 is 0.628 bits per heavy atom. The molecule has 2 N–H and O–H groups in total. The Balaban J connectivity index is 0.000000293. The normalized spacial score (nSPS) is 10.9. The number of hydrogen-bond acceptors (Lipinski definition) is 12. The van der Waals surface area contributed by atoms with Crippen LogP contribution in [0.3, 0.4) is 0 Å². The average Bonchev–Trinajstić information content (AvgIpc) is 2.95. The number of halogens is 2. The van der Waals surface area contributed by atoms with E-state index in [1.54, 1.807) is 12.1 Å². The van der Waals surface area contributed by atoms with E-state index < -0.39 is 45.6 Å². The summed E-state index contributed by atoms with van der Waals surface area (Å²) in [7, 11) is 5.06. The number of aromatic nitrogens is 6. The SMILES string of the molecule is Cn1c(O)c(N=Nc2ccc(Br)c[n+]2[O-])c(=O)n(C)c1=O.Cn1c(O)c(N=Nc2ccc(Br)c[n+]2[O-])c(=O)n(C)c1=O.[Ni]. The van der Waals surface area contributed by atoms with Crippen molar-refractivity contribution in [3.63, 3.8) is 0 Å². The van der Waals surface area contributed by atoms with Crippen LogP contribution in [0.25, 0.3) is 0 Å². The molecule has 4 rings (SSSR count). The zero-order valence-corrected chi connectivity index (χ0v) is 26.5. The quantitative estimate of drug-likeness (QED) is 0.132. The Bertz CT molecular complexity index is 1860. The molecule has 43 heavy (non-hydrogen) atoms. The second kappa shape index (κ2) is 14.1. The first-order chi connectivity index (χ1) is 19.6. The molecule has 4 aromatic rings. The maximum absolute atomic E-state index is 11.9. The van der Waals surface area contributed by atoms with Crippen molar-refractivity contribution in [2.45, 2.75) is 0 Å². The number of azo groups is 2. The van der Waals surface area contributed by atoms with Crippen LogP contribution in [0.15, 0.2) is 85.2 Å². The third-order valence-corrected chi connectivity index (χ3v) is 6.38. The molecular formula is C22H20Br2N10NiO8. The molecule has 0 aliphatic rings. The van der Waals surface area contributed by atoms with Crippen molar-refractivity contribution in [2.24, 2.45) is 48.6 Å². The fraction of sp³-hybridized carbons (Fsp3) is 0.182. The minimum absolute atomic E-state index is 0. The monoisotopic (exact) mass is 768 g/mol. The Labute approximate surface area is 266 Å². The molecule has 0 saturated heterocycles. The van der Waals surface area contributed by atoms with Gasteiger partial charge in [-0.25, -0.2) is 19.0 Å². The van der Waals surface area contributed by atoms with E-state index in [4.69, 9.17) is 0 Å². The van der Waals surface area contributed by atoms with Crippen molar-refractivity contribution in [3.05, 3.63) is 97.7 Å². The van der Waals surface area contributed by atoms with Gasteiger partial charge in [0, 0.05) is 56.8 Å². The van der Waals surface area contributed by atoms with Gasteiger partial charge in [0.2, 0.25) is 23.1 Å². The standard InChI is InChI=1S/2C11H10BrN5O4.Ni/c2*1-15-9(18)8(10(19)16(2)11(15)20)14-13-7-4-3-6(12)5-17(7)21;/h2*3-5,18H,1-2H3;. The van der Waals surface area contributed by atoms with Crippen LogP contribution in [0.4, 0.5) is 23.0 Å². The van der Waals surface area contributed by atoms with Gasteiger partial charge in [-0.1, -0.05) is 0 Å². The van der Waals surface area contributed by atoms with Crippen LogP contribution in [-0.2, 0) is 44.7 Å². The molecule has 0 spiro atoms. The molecule has 4 aromatic heterocycles. The van der Waals surface area contributed by atoms with Crippen LogP contribution in [0.5, 0.6) is 11.8 Å². The summed E-state index contributed by atoms with van der Waals surface area (Å²) in [5.74, 6) is -1.40. The molecule has 230 valence electrons. The molecule has 4 heterocycles. The van der Waals surface area contributed by atoms with Gasteiger partial charge in [-0.15, -0.1) is 0 Å². The third kappa shape index (κ3) is 7.48. The summed E-state index contributed by atoms with van der Waals surface area (Å²) in [4.78, 5) is 46.9. The molecule has 0 saturated carbocycles. The van der Waals surface area contributed by atoms with Crippen molar-refractivity contribution in [2.75, 3.05) is 0 Å². The predicted molar refractivity (Wildman–Crippen MR) is 152 cm³/mol. The van der Waals surface area contributed by atoms with Gasteiger partial charge in [0.15, 0.2) is 0 Å². The van der Waals surface area contributed by atoms with Crippen molar-refractivity contribution < 1.29 is 36.2 Å². The molecule has 0 radical (unpaired) electrons. The van der Waals surface area contributed by atoms with E-state index in [2.05, 4.69) is 52.3 Å². The fourth-order valence-corrected chi connectivity index (χ4v) is 3.70. The van der Waals surface area contributed by atoms with Gasteiger partial charge in [-0.2, -0.15) is 0 Å². The molecule has 0 aliphatic carbocycles. The molecule has 0 amide bonds. The average molecular weight is 771 g/mol. The van der Waals surface area contributed by atoms with E-state index in [-0.39, 0.29) is 28.1 Å². The van der Waals surface area contributed by atoms with Gasteiger partial charge in [0.1, 0.15) is 12.4 Å². The molecular weight excluding hydrogens is 751 g/mol. The van der Waals surface area contributed by atoms with E-state index in [1.807, 2.05) is 0 Å². The zero-order valence-electron chi connectivity index (χ0n) is 22.4. The maximum atomic E-state index is 11.9. The maximum Gasteiger partial charge on any atom is 0.353 e. The summed E-state index contributed by atoms with van der Waals surface area (Å²) in [6, 6.07) is 5.90. The number of nitrogens with zero attached hydrogens (tertiary/aromatic N) is 10. The summed E-state index contributed by atoms with van der Waals surface area (Å²) in [5.41, 5.74) is -3.87. The van der Waals surface area contributed by atoms with Gasteiger partial charge in [-0.05, 0) is 54.2 Å². The van der Waals surface area contributed by atoms with Crippen molar-refractivity contribution >= 4 is 54.9 Å². The van der Waals surface area contributed by atoms with Gasteiger partial charge >= 0.3 is 23.0 Å². The molecule has 18 nitrogen and oxygen atoms in total. The molecule has 21 heteroatoms. The second-order valence-electron chi connectivity index (χ2n) is 8.22. The summed E-state index contributed by atoms with van der Waals surface area (Å²) in [6.07, 6.45) is 2.43. The fourth-order valence-electron chi connectivity index (χ4n) is 3.06. The summed E-state index contributed by atoms with van der Waals surface area (Å²) in [5, 5.41) is 57.0. The first-order valence-electron chi connectivity index (χ1n) is 11.2. The molecule has 0 bridgehead atoms. The van der Waals surface area contributed by atoms with Crippen LogP contribution in [-0.4, -0.2) is 28.5 Å². The molecule has 0 aromatic carbocycles. The van der Waals surface area contributed by atoms with Crippen molar-refractivity contribution in [3.8, 4) is 11.8 Å². The predicted octanol–water partition coefficient (Wildman–Crippen LogP) is 1.20. The van der Waals surface area contributed by atoms with Crippen LogP contribution < -0.4 is 32.0 Å².